The predicted octanol–water partition coefficient (Wildman–Crippen LogP) is 1.57. The van der Waals surface area contributed by atoms with Gasteiger partial charge < -0.3 is 4.65 Å². The molecule has 0 aromatic carbocycles. The van der Waals surface area contributed by atoms with E-state index in [0.29, 0.717) is 5.41 Å². The fourth-order valence-corrected chi connectivity index (χ4v) is 0.486. The van der Waals surface area contributed by atoms with Gasteiger partial charge in [-0.3, -0.25) is 0 Å². The first-order valence-electron chi connectivity index (χ1n) is 3.22. The molecule has 0 rings (SSSR count). The zero-order valence-corrected chi connectivity index (χ0v) is 7.63. The van der Waals surface area contributed by atoms with Gasteiger partial charge in [0.25, 0.3) is 7.48 Å². The van der Waals surface area contributed by atoms with E-state index in [1.165, 1.54) is 0 Å². The van der Waals surface area contributed by atoms with Crippen LogP contribution in [0.25, 0.3) is 0 Å². The zero-order chi connectivity index (χ0) is 7.33. The smallest absolute Gasteiger partial charge is 0.289 e. The minimum atomic E-state index is 0.303. The van der Waals surface area contributed by atoms with Crippen LogP contribution in [0.15, 0.2) is 0 Å². The quantitative estimate of drug-likeness (QED) is 0.430. The van der Waals surface area contributed by atoms with E-state index >= 15 is 0 Å². The Labute approximate surface area is 61.0 Å². The number of hydrogen-bond acceptors (Lipinski definition) is 1. The van der Waals surface area contributed by atoms with Gasteiger partial charge in [-0.25, -0.2) is 0 Å². The van der Waals surface area contributed by atoms with Gasteiger partial charge in [0.15, 0.2) is 0 Å². The molecule has 0 bridgehead atoms. The molecule has 0 fully saturated rings. The zero-order valence-electron chi connectivity index (χ0n) is 6.48. The summed E-state index contributed by atoms with van der Waals surface area (Å²) in [6.07, 6.45) is 1.08. The summed E-state index contributed by atoms with van der Waals surface area (Å²) in [6.45, 7) is 7.08. The van der Waals surface area contributed by atoms with E-state index in [4.69, 9.17) is 4.65 Å². The first-order chi connectivity index (χ1) is 4.12. The Balaban J connectivity index is 3.33. The second-order valence-corrected chi connectivity index (χ2v) is 3.32. The van der Waals surface area contributed by atoms with Crippen LogP contribution in [0.3, 0.4) is 0 Å². The largest absolute Gasteiger partial charge is 0.440 e. The molecule has 0 saturated heterocycles. The van der Waals surface area contributed by atoms with Crippen molar-refractivity contribution in [3.63, 3.8) is 0 Å². The molecule has 0 amide bonds. The monoisotopic (exact) mass is 145 g/mol. The molecule has 1 nitrogen and oxygen atoms in total. The maximum Gasteiger partial charge on any atom is 0.289 e. The lowest BCUT2D eigenvalue weighted by atomic mass is 9.96. The van der Waals surface area contributed by atoms with E-state index in [0.717, 1.165) is 12.8 Å². The average molecular weight is 145 g/mol. The standard InChI is InChI=1S/C6H15BOP/c1-6(2,5-9)4-8-7-3/h4-5,9H2,1-3H3. The summed E-state index contributed by atoms with van der Waals surface area (Å²) in [5.74, 6) is 0. The van der Waals surface area contributed by atoms with Crippen molar-refractivity contribution >= 4 is 16.7 Å². The third kappa shape index (κ3) is 4.93. The molecule has 0 saturated carbocycles. The molecular weight excluding hydrogens is 130 g/mol. The van der Waals surface area contributed by atoms with Crippen LogP contribution in [-0.2, 0) is 4.65 Å². The van der Waals surface area contributed by atoms with Gasteiger partial charge in [-0.2, -0.15) is 0 Å². The first kappa shape index (κ1) is 9.45. The van der Waals surface area contributed by atoms with Crippen LogP contribution in [0.4, 0.5) is 0 Å². The molecule has 0 aliphatic carbocycles. The van der Waals surface area contributed by atoms with E-state index < -0.39 is 0 Å². The van der Waals surface area contributed by atoms with Gasteiger partial charge in [-0.05, 0) is 11.6 Å². The summed E-state index contributed by atoms with van der Waals surface area (Å²) < 4.78 is 5.15. The molecule has 1 radical (unpaired) electrons. The van der Waals surface area contributed by atoms with E-state index in [9.17, 15) is 0 Å². The minimum absolute atomic E-state index is 0.303. The van der Waals surface area contributed by atoms with Crippen molar-refractivity contribution in [1.29, 1.82) is 0 Å². The highest BCUT2D eigenvalue weighted by Gasteiger charge is 2.13. The summed E-state index contributed by atoms with van der Waals surface area (Å²) >= 11 is 0. The fraction of sp³-hybridized carbons (Fsp3) is 1.00. The van der Waals surface area contributed by atoms with Crippen LogP contribution >= 0.6 is 9.24 Å². The van der Waals surface area contributed by atoms with Gasteiger partial charge >= 0.3 is 0 Å². The van der Waals surface area contributed by atoms with E-state index in [-0.39, 0.29) is 0 Å². The topological polar surface area (TPSA) is 9.23 Å². The van der Waals surface area contributed by atoms with Crippen LogP contribution in [0.1, 0.15) is 13.8 Å². The highest BCUT2D eigenvalue weighted by molar-refractivity contribution is 7.16. The van der Waals surface area contributed by atoms with Gasteiger partial charge in [-0.15, -0.1) is 9.24 Å². The molecular formula is C6H15BOP. The van der Waals surface area contributed by atoms with Crippen molar-refractivity contribution in [1.82, 2.24) is 0 Å². The summed E-state index contributed by atoms with van der Waals surface area (Å²) in [5.41, 5.74) is 0.303. The van der Waals surface area contributed by atoms with Crippen molar-refractivity contribution in [2.45, 2.75) is 20.7 Å². The SMILES string of the molecule is C[B]OCC(C)(C)CP. The second-order valence-electron chi connectivity index (χ2n) is 2.92. The molecule has 0 N–H and O–H groups in total. The van der Waals surface area contributed by atoms with Crippen molar-refractivity contribution in [3.8, 4) is 0 Å². The molecule has 0 spiro atoms. The Bertz CT molecular complexity index is 75.5. The van der Waals surface area contributed by atoms with Crippen molar-refractivity contribution in [3.05, 3.63) is 0 Å². The Hall–Kier alpha value is 0.455. The van der Waals surface area contributed by atoms with Crippen LogP contribution in [0.5, 0.6) is 0 Å². The van der Waals surface area contributed by atoms with Gasteiger partial charge in [0.2, 0.25) is 0 Å². The summed E-state index contributed by atoms with van der Waals surface area (Å²) in [7, 11) is 4.46. The van der Waals surface area contributed by atoms with Crippen LogP contribution < -0.4 is 0 Å². The molecule has 0 heterocycles. The predicted molar refractivity (Wildman–Crippen MR) is 45.9 cm³/mol. The van der Waals surface area contributed by atoms with E-state index in [1.54, 1.807) is 7.48 Å². The highest BCUT2D eigenvalue weighted by Crippen LogP contribution is 2.17. The van der Waals surface area contributed by atoms with Crippen molar-refractivity contribution in [2.75, 3.05) is 12.8 Å². The number of rotatable bonds is 4. The average Bonchev–Trinajstić information content (AvgIpc) is 1.84. The molecule has 9 heavy (non-hydrogen) atoms. The van der Waals surface area contributed by atoms with Gasteiger partial charge in [0.05, 0.1) is 0 Å². The van der Waals surface area contributed by atoms with Crippen molar-refractivity contribution < 1.29 is 4.65 Å². The Morgan fingerprint density at radius 2 is 2.11 bits per heavy atom. The van der Waals surface area contributed by atoms with Gasteiger partial charge in [-0.1, -0.05) is 20.7 Å². The molecule has 0 aliphatic heterocycles. The van der Waals surface area contributed by atoms with Crippen LogP contribution in [-0.4, -0.2) is 20.3 Å². The lowest BCUT2D eigenvalue weighted by Gasteiger charge is -2.21. The Morgan fingerprint density at radius 3 is 2.44 bits per heavy atom. The third-order valence-corrected chi connectivity index (χ3v) is 2.30. The normalized spacial score (nSPS) is 11.6. The summed E-state index contributed by atoms with van der Waals surface area (Å²) in [6, 6.07) is 0. The Morgan fingerprint density at radius 1 is 1.56 bits per heavy atom. The van der Waals surface area contributed by atoms with Crippen molar-refractivity contribution in [2.24, 2.45) is 5.41 Å². The summed E-state index contributed by atoms with van der Waals surface area (Å²) in [5, 5.41) is 0. The van der Waals surface area contributed by atoms with E-state index in [1.807, 2.05) is 6.82 Å². The van der Waals surface area contributed by atoms with E-state index in [2.05, 4.69) is 23.1 Å². The van der Waals surface area contributed by atoms with Crippen LogP contribution in [0, 0.1) is 5.41 Å². The molecule has 0 aromatic heterocycles. The molecule has 3 heteroatoms. The van der Waals surface area contributed by atoms with Crippen LogP contribution in [0.2, 0.25) is 6.82 Å². The maximum atomic E-state index is 5.15. The molecule has 1 atom stereocenters. The molecule has 0 aromatic rings. The fourth-order valence-electron chi connectivity index (χ4n) is 0.368. The molecule has 53 valence electrons. The lowest BCUT2D eigenvalue weighted by Crippen LogP contribution is -2.21. The third-order valence-electron chi connectivity index (χ3n) is 1.19. The lowest BCUT2D eigenvalue weighted by molar-refractivity contribution is 0.211. The first-order valence-corrected chi connectivity index (χ1v) is 4.03. The summed E-state index contributed by atoms with van der Waals surface area (Å²) in [4.78, 5) is 0. The minimum Gasteiger partial charge on any atom is -0.440 e. The highest BCUT2D eigenvalue weighted by atomic mass is 31.0. The molecule has 1 unspecified atom stereocenters. The van der Waals surface area contributed by atoms with Gasteiger partial charge in [0.1, 0.15) is 0 Å². The Kier molecular flexibility index (Phi) is 4.52. The number of hydrogen-bond donors (Lipinski definition) is 0. The van der Waals surface area contributed by atoms with Gasteiger partial charge in [0, 0.05) is 6.61 Å². The molecule has 0 aliphatic rings. The maximum absolute atomic E-state index is 5.15. The second kappa shape index (κ2) is 4.30.